The predicted octanol–water partition coefficient (Wildman–Crippen LogP) is 3.87. The van der Waals surface area contributed by atoms with Crippen molar-refractivity contribution in [2.45, 2.75) is 11.8 Å². The van der Waals surface area contributed by atoms with E-state index in [2.05, 4.69) is 17.1 Å². The highest BCUT2D eigenvalue weighted by molar-refractivity contribution is 7.99. The number of para-hydroxylation sites is 1. The average molecular weight is 238 g/mol. The Morgan fingerprint density at radius 1 is 1.33 bits per heavy atom. The van der Waals surface area contributed by atoms with Gasteiger partial charge in [-0.05, 0) is 19.1 Å². The minimum Gasteiger partial charge on any atom is -0.253 e. The molecule has 0 aliphatic carbocycles. The second-order valence-electron chi connectivity index (χ2n) is 3.32. The van der Waals surface area contributed by atoms with Gasteiger partial charge in [0, 0.05) is 27.6 Å². The number of nitrogens with zero attached hydrogens (tertiary/aromatic N) is 1. The van der Waals surface area contributed by atoms with E-state index in [1.54, 1.807) is 11.8 Å². The molecule has 0 aliphatic rings. The van der Waals surface area contributed by atoms with Crippen LogP contribution in [0.5, 0.6) is 0 Å². The molecule has 0 saturated heterocycles. The minimum atomic E-state index is 0.681. The molecule has 1 aromatic carbocycles. The molecule has 0 amide bonds. The van der Waals surface area contributed by atoms with Gasteiger partial charge in [0.25, 0.3) is 0 Å². The molecule has 2 rings (SSSR count). The molecule has 0 spiro atoms. The highest BCUT2D eigenvalue weighted by atomic mass is 35.5. The Bertz CT molecular complexity index is 470. The summed E-state index contributed by atoms with van der Waals surface area (Å²) in [6, 6.07) is 10.3. The van der Waals surface area contributed by atoms with Crippen LogP contribution in [0.1, 0.15) is 5.69 Å². The van der Waals surface area contributed by atoms with Crippen molar-refractivity contribution in [1.82, 2.24) is 4.98 Å². The van der Waals surface area contributed by atoms with Gasteiger partial charge in [-0.15, -0.1) is 23.4 Å². The summed E-state index contributed by atoms with van der Waals surface area (Å²) in [5.41, 5.74) is 2.13. The van der Waals surface area contributed by atoms with E-state index in [-0.39, 0.29) is 0 Å². The van der Waals surface area contributed by atoms with E-state index < -0.39 is 0 Å². The fourth-order valence-corrected chi connectivity index (χ4v) is 2.65. The van der Waals surface area contributed by atoms with Crippen molar-refractivity contribution < 1.29 is 0 Å². The van der Waals surface area contributed by atoms with Crippen molar-refractivity contribution in [3.05, 3.63) is 36.0 Å². The predicted molar refractivity (Wildman–Crippen MR) is 67.9 cm³/mol. The van der Waals surface area contributed by atoms with Gasteiger partial charge in [0.15, 0.2) is 0 Å². The van der Waals surface area contributed by atoms with Gasteiger partial charge in [-0.3, -0.25) is 4.98 Å². The summed E-state index contributed by atoms with van der Waals surface area (Å²) in [6.45, 7) is 2.02. The van der Waals surface area contributed by atoms with Crippen LogP contribution in [0.3, 0.4) is 0 Å². The van der Waals surface area contributed by atoms with Crippen LogP contribution in [0, 0.1) is 6.92 Å². The fraction of sp³-hybridized carbons (Fsp3) is 0.250. The van der Waals surface area contributed by atoms with Crippen molar-refractivity contribution in [1.29, 1.82) is 0 Å². The van der Waals surface area contributed by atoms with Crippen LogP contribution in [0.4, 0.5) is 0 Å². The summed E-state index contributed by atoms with van der Waals surface area (Å²) in [7, 11) is 0. The van der Waals surface area contributed by atoms with Crippen molar-refractivity contribution in [3.63, 3.8) is 0 Å². The maximum absolute atomic E-state index is 5.71. The Morgan fingerprint density at radius 2 is 2.13 bits per heavy atom. The number of fused-ring (bicyclic) bond motifs is 1. The molecule has 0 bridgehead atoms. The summed E-state index contributed by atoms with van der Waals surface area (Å²) >= 11 is 7.50. The highest BCUT2D eigenvalue weighted by Gasteiger charge is 2.03. The van der Waals surface area contributed by atoms with Gasteiger partial charge in [0.1, 0.15) is 0 Å². The maximum Gasteiger partial charge on any atom is 0.0716 e. The first kappa shape index (κ1) is 10.8. The molecule has 15 heavy (non-hydrogen) atoms. The number of alkyl halides is 1. The number of aromatic nitrogens is 1. The van der Waals surface area contributed by atoms with Gasteiger partial charge >= 0.3 is 0 Å². The summed E-state index contributed by atoms with van der Waals surface area (Å²) < 4.78 is 0. The van der Waals surface area contributed by atoms with Gasteiger partial charge in [-0.2, -0.15) is 0 Å². The molecule has 0 unspecified atom stereocenters. The third-order valence-corrected chi connectivity index (χ3v) is 3.61. The zero-order valence-electron chi connectivity index (χ0n) is 8.53. The Kier molecular flexibility index (Phi) is 3.49. The number of hydrogen-bond acceptors (Lipinski definition) is 2. The SMILES string of the molecule is Cc1cc(SCCCl)c2ccccc2n1. The maximum atomic E-state index is 5.71. The van der Waals surface area contributed by atoms with E-state index >= 15 is 0 Å². The van der Waals surface area contributed by atoms with E-state index in [9.17, 15) is 0 Å². The zero-order chi connectivity index (χ0) is 10.7. The van der Waals surface area contributed by atoms with Gasteiger partial charge in [-0.25, -0.2) is 0 Å². The Labute approximate surface area is 98.9 Å². The Hall–Kier alpha value is -0.730. The second-order valence-corrected chi connectivity index (χ2v) is 4.83. The van der Waals surface area contributed by atoms with Gasteiger partial charge in [0.05, 0.1) is 5.52 Å². The summed E-state index contributed by atoms with van der Waals surface area (Å²) in [5, 5.41) is 1.22. The van der Waals surface area contributed by atoms with E-state index in [4.69, 9.17) is 11.6 Å². The molecule has 0 radical (unpaired) electrons. The van der Waals surface area contributed by atoms with E-state index in [0.29, 0.717) is 5.88 Å². The van der Waals surface area contributed by atoms with Gasteiger partial charge in [0.2, 0.25) is 0 Å². The lowest BCUT2D eigenvalue weighted by molar-refractivity contribution is 1.22. The molecule has 1 aromatic heterocycles. The van der Waals surface area contributed by atoms with E-state index in [1.807, 2.05) is 25.1 Å². The topological polar surface area (TPSA) is 12.9 Å². The van der Waals surface area contributed by atoms with Crippen molar-refractivity contribution >= 4 is 34.3 Å². The van der Waals surface area contributed by atoms with Crippen LogP contribution in [-0.2, 0) is 0 Å². The zero-order valence-corrected chi connectivity index (χ0v) is 10.1. The van der Waals surface area contributed by atoms with Crippen LogP contribution in [0.2, 0.25) is 0 Å². The standard InChI is InChI=1S/C12H12ClNS/c1-9-8-12(15-7-6-13)10-4-2-3-5-11(10)14-9/h2-5,8H,6-7H2,1H3. The lowest BCUT2D eigenvalue weighted by atomic mass is 10.2. The highest BCUT2D eigenvalue weighted by Crippen LogP contribution is 2.27. The number of benzene rings is 1. The number of rotatable bonds is 3. The monoisotopic (exact) mass is 237 g/mol. The second kappa shape index (κ2) is 4.86. The summed E-state index contributed by atoms with van der Waals surface area (Å²) in [4.78, 5) is 5.77. The van der Waals surface area contributed by atoms with Crippen molar-refractivity contribution in [3.8, 4) is 0 Å². The number of hydrogen-bond donors (Lipinski definition) is 0. The molecule has 0 aliphatic heterocycles. The van der Waals surface area contributed by atoms with Crippen LogP contribution in [-0.4, -0.2) is 16.6 Å². The Morgan fingerprint density at radius 3 is 2.93 bits per heavy atom. The van der Waals surface area contributed by atoms with Crippen LogP contribution in [0.25, 0.3) is 10.9 Å². The van der Waals surface area contributed by atoms with Crippen molar-refractivity contribution in [2.75, 3.05) is 11.6 Å². The third kappa shape index (κ3) is 2.44. The summed E-state index contributed by atoms with van der Waals surface area (Å²) in [6.07, 6.45) is 0. The van der Waals surface area contributed by atoms with Gasteiger partial charge in [-0.1, -0.05) is 18.2 Å². The lowest BCUT2D eigenvalue weighted by Gasteiger charge is -2.06. The molecule has 0 fully saturated rings. The van der Waals surface area contributed by atoms with Crippen LogP contribution >= 0.6 is 23.4 Å². The Balaban J connectivity index is 2.50. The first-order valence-corrected chi connectivity index (χ1v) is 6.38. The molecule has 0 saturated carbocycles. The summed E-state index contributed by atoms with van der Waals surface area (Å²) in [5.74, 6) is 1.62. The molecule has 1 heterocycles. The third-order valence-electron chi connectivity index (χ3n) is 2.14. The molecule has 0 N–H and O–H groups in total. The molecule has 1 nitrogen and oxygen atoms in total. The van der Waals surface area contributed by atoms with Crippen molar-refractivity contribution in [2.24, 2.45) is 0 Å². The number of halogens is 1. The van der Waals surface area contributed by atoms with E-state index in [1.165, 1.54) is 10.3 Å². The van der Waals surface area contributed by atoms with Crippen LogP contribution < -0.4 is 0 Å². The first-order chi connectivity index (χ1) is 7.31. The molecule has 3 heteroatoms. The molecular weight excluding hydrogens is 226 g/mol. The molecule has 2 aromatic rings. The largest absolute Gasteiger partial charge is 0.253 e. The first-order valence-electron chi connectivity index (χ1n) is 4.86. The normalized spacial score (nSPS) is 10.8. The number of aryl methyl sites for hydroxylation is 1. The quantitative estimate of drug-likeness (QED) is 0.594. The lowest BCUT2D eigenvalue weighted by Crippen LogP contribution is -1.88. The van der Waals surface area contributed by atoms with Gasteiger partial charge < -0.3 is 0 Å². The van der Waals surface area contributed by atoms with Crippen LogP contribution in [0.15, 0.2) is 35.2 Å². The number of pyridine rings is 1. The smallest absolute Gasteiger partial charge is 0.0716 e. The molecular formula is C12H12ClNS. The fourth-order valence-electron chi connectivity index (χ4n) is 1.54. The van der Waals surface area contributed by atoms with E-state index in [0.717, 1.165) is 17.0 Å². The minimum absolute atomic E-state index is 0.681. The molecule has 78 valence electrons. The molecule has 0 atom stereocenters. The average Bonchev–Trinajstić information content (AvgIpc) is 2.25. The number of thioether (sulfide) groups is 1.